The number of nitrogens with zero attached hydrogens (tertiary/aromatic N) is 1. The summed E-state index contributed by atoms with van der Waals surface area (Å²) in [6, 6.07) is -0.230. The molecule has 4 nitrogen and oxygen atoms in total. The molecule has 2 N–H and O–H groups in total. The maximum absolute atomic E-state index is 11.6. The van der Waals surface area contributed by atoms with Crippen molar-refractivity contribution >= 4 is 5.97 Å². The van der Waals surface area contributed by atoms with Crippen LogP contribution in [0.5, 0.6) is 0 Å². The van der Waals surface area contributed by atoms with Crippen LogP contribution in [0, 0.1) is 11.8 Å². The second-order valence-electron chi connectivity index (χ2n) is 5.12. The number of esters is 1. The second kappa shape index (κ2) is 5.15. The lowest BCUT2D eigenvalue weighted by Gasteiger charge is -2.28. The van der Waals surface area contributed by atoms with Crippen molar-refractivity contribution in [2.45, 2.75) is 31.7 Å². The number of rotatable bonds is 7. The van der Waals surface area contributed by atoms with E-state index in [1.807, 2.05) is 0 Å². The highest BCUT2D eigenvalue weighted by Crippen LogP contribution is 2.34. The smallest absolute Gasteiger partial charge is 0.324 e. The number of carbonyl (C=O) groups excluding carboxylic acids is 1. The van der Waals surface area contributed by atoms with Gasteiger partial charge in [0, 0.05) is 19.6 Å². The van der Waals surface area contributed by atoms with Crippen molar-refractivity contribution in [2.24, 2.45) is 17.6 Å². The van der Waals surface area contributed by atoms with Gasteiger partial charge in [0.15, 0.2) is 0 Å². The van der Waals surface area contributed by atoms with Gasteiger partial charge in [-0.25, -0.2) is 0 Å². The molecule has 16 heavy (non-hydrogen) atoms. The monoisotopic (exact) mass is 226 g/mol. The first kappa shape index (κ1) is 11.9. The van der Waals surface area contributed by atoms with Crippen molar-refractivity contribution in [3.05, 3.63) is 0 Å². The molecule has 1 unspecified atom stereocenters. The van der Waals surface area contributed by atoms with Gasteiger partial charge in [-0.15, -0.1) is 0 Å². The van der Waals surface area contributed by atoms with Crippen LogP contribution in [0.4, 0.5) is 0 Å². The van der Waals surface area contributed by atoms with Gasteiger partial charge >= 0.3 is 5.97 Å². The molecule has 2 fully saturated rings. The molecular formula is C12H22N2O2. The van der Waals surface area contributed by atoms with E-state index in [1.165, 1.54) is 32.8 Å². The van der Waals surface area contributed by atoms with Crippen molar-refractivity contribution in [3.63, 3.8) is 0 Å². The predicted molar refractivity (Wildman–Crippen MR) is 61.9 cm³/mol. The fraction of sp³-hybridized carbons (Fsp3) is 0.917. The first-order valence-electron chi connectivity index (χ1n) is 6.26. The summed E-state index contributed by atoms with van der Waals surface area (Å²) < 4.78 is 4.83. The summed E-state index contributed by atoms with van der Waals surface area (Å²) in [6.07, 6.45) is 5.22. The summed E-state index contributed by atoms with van der Waals surface area (Å²) in [5.41, 5.74) is 5.70. The molecule has 2 rings (SSSR count). The molecule has 0 spiro atoms. The lowest BCUT2D eigenvalue weighted by molar-refractivity contribution is -0.146. The molecule has 0 bridgehead atoms. The van der Waals surface area contributed by atoms with Crippen molar-refractivity contribution in [1.82, 2.24) is 4.90 Å². The lowest BCUT2D eigenvalue weighted by atomic mass is 10.2. The summed E-state index contributed by atoms with van der Waals surface area (Å²) in [7, 11) is 1.44. The highest BCUT2D eigenvalue weighted by atomic mass is 16.5. The Balaban J connectivity index is 1.91. The van der Waals surface area contributed by atoms with Crippen LogP contribution in [0.3, 0.4) is 0 Å². The Morgan fingerprint density at radius 1 is 1.31 bits per heavy atom. The van der Waals surface area contributed by atoms with E-state index >= 15 is 0 Å². The molecule has 0 aromatic carbocycles. The zero-order valence-corrected chi connectivity index (χ0v) is 10.0. The Labute approximate surface area is 97.1 Å². The molecular weight excluding hydrogens is 204 g/mol. The Morgan fingerprint density at radius 2 is 1.81 bits per heavy atom. The Morgan fingerprint density at radius 3 is 2.12 bits per heavy atom. The minimum atomic E-state index is -0.230. The van der Waals surface area contributed by atoms with Crippen LogP contribution in [0.1, 0.15) is 25.7 Å². The van der Waals surface area contributed by atoms with Crippen LogP contribution < -0.4 is 5.73 Å². The average molecular weight is 226 g/mol. The van der Waals surface area contributed by atoms with Gasteiger partial charge in [-0.2, -0.15) is 0 Å². The second-order valence-corrected chi connectivity index (χ2v) is 5.12. The third kappa shape index (κ3) is 3.19. The quantitative estimate of drug-likeness (QED) is 0.646. The molecule has 0 heterocycles. The minimum Gasteiger partial charge on any atom is -0.468 e. The van der Waals surface area contributed by atoms with Gasteiger partial charge in [-0.3, -0.25) is 9.69 Å². The van der Waals surface area contributed by atoms with E-state index in [-0.39, 0.29) is 12.0 Å². The molecule has 2 aliphatic rings. The van der Waals surface area contributed by atoms with E-state index in [9.17, 15) is 4.79 Å². The summed E-state index contributed by atoms with van der Waals surface area (Å²) in [5, 5.41) is 0. The van der Waals surface area contributed by atoms with Gasteiger partial charge in [0.25, 0.3) is 0 Å². The molecule has 4 heteroatoms. The molecule has 2 saturated carbocycles. The van der Waals surface area contributed by atoms with Crippen LogP contribution in [-0.4, -0.2) is 43.7 Å². The summed E-state index contributed by atoms with van der Waals surface area (Å²) >= 11 is 0. The van der Waals surface area contributed by atoms with E-state index in [0.29, 0.717) is 6.54 Å². The number of hydrogen-bond acceptors (Lipinski definition) is 4. The molecule has 0 radical (unpaired) electrons. The molecule has 0 aromatic rings. The number of methoxy groups -OCH3 is 1. The van der Waals surface area contributed by atoms with E-state index < -0.39 is 0 Å². The largest absolute Gasteiger partial charge is 0.468 e. The third-order valence-corrected chi connectivity index (χ3v) is 3.52. The first-order valence-corrected chi connectivity index (χ1v) is 6.26. The average Bonchev–Trinajstić information content (AvgIpc) is 3.13. The van der Waals surface area contributed by atoms with E-state index in [2.05, 4.69) is 4.90 Å². The minimum absolute atomic E-state index is 0.177. The fourth-order valence-corrected chi connectivity index (χ4v) is 2.12. The van der Waals surface area contributed by atoms with Gasteiger partial charge < -0.3 is 10.5 Å². The molecule has 92 valence electrons. The zero-order chi connectivity index (χ0) is 11.5. The highest BCUT2D eigenvalue weighted by molar-refractivity contribution is 5.75. The van der Waals surface area contributed by atoms with Gasteiger partial charge in [0.2, 0.25) is 0 Å². The molecule has 2 aliphatic carbocycles. The van der Waals surface area contributed by atoms with Crippen LogP contribution in [0.2, 0.25) is 0 Å². The number of hydrogen-bond donors (Lipinski definition) is 1. The molecule has 0 amide bonds. The van der Waals surface area contributed by atoms with Crippen LogP contribution in [0.25, 0.3) is 0 Å². The van der Waals surface area contributed by atoms with E-state index in [1.54, 1.807) is 0 Å². The summed E-state index contributed by atoms with van der Waals surface area (Å²) in [4.78, 5) is 13.9. The summed E-state index contributed by atoms with van der Waals surface area (Å²) in [6.45, 7) is 2.41. The van der Waals surface area contributed by atoms with E-state index in [4.69, 9.17) is 10.5 Å². The van der Waals surface area contributed by atoms with Gasteiger partial charge in [-0.1, -0.05) is 0 Å². The van der Waals surface area contributed by atoms with Gasteiger partial charge in [-0.05, 0) is 37.5 Å². The van der Waals surface area contributed by atoms with Crippen LogP contribution >= 0.6 is 0 Å². The standard InChI is InChI=1S/C12H22N2O2/c1-16-12(15)11(6-13)14(7-9-2-3-9)8-10-4-5-10/h9-11H,2-8,13H2,1H3. The third-order valence-electron chi connectivity index (χ3n) is 3.52. The van der Waals surface area contributed by atoms with Crippen LogP contribution in [0.15, 0.2) is 0 Å². The van der Waals surface area contributed by atoms with Crippen molar-refractivity contribution in [3.8, 4) is 0 Å². The Hall–Kier alpha value is -0.610. The maximum Gasteiger partial charge on any atom is 0.324 e. The zero-order valence-electron chi connectivity index (χ0n) is 10.0. The van der Waals surface area contributed by atoms with Gasteiger partial charge in [0.05, 0.1) is 7.11 Å². The highest BCUT2D eigenvalue weighted by Gasteiger charge is 2.35. The Bertz CT molecular complexity index is 235. The first-order chi connectivity index (χ1) is 7.74. The SMILES string of the molecule is COC(=O)C(CN)N(CC1CC1)CC1CC1. The molecule has 0 aliphatic heterocycles. The van der Waals surface area contributed by atoms with E-state index in [0.717, 1.165) is 24.9 Å². The van der Waals surface area contributed by atoms with Crippen LogP contribution in [-0.2, 0) is 9.53 Å². The van der Waals surface area contributed by atoms with Crippen molar-refractivity contribution < 1.29 is 9.53 Å². The lowest BCUT2D eigenvalue weighted by Crippen LogP contribution is -2.48. The maximum atomic E-state index is 11.6. The van der Waals surface area contributed by atoms with Crippen molar-refractivity contribution in [2.75, 3.05) is 26.7 Å². The molecule has 1 atom stereocenters. The molecule has 0 aromatic heterocycles. The summed E-state index contributed by atoms with van der Waals surface area (Å²) in [5.74, 6) is 1.40. The predicted octanol–water partition coefficient (Wildman–Crippen LogP) is 0.609. The topological polar surface area (TPSA) is 55.6 Å². The number of carbonyl (C=O) groups is 1. The van der Waals surface area contributed by atoms with Crippen molar-refractivity contribution in [1.29, 1.82) is 0 Å². The number of nitrogens with two attached hydrogens (primary N) is 1. The fourth-order valence-electron chi connectivity index (χ4n) is 2.12. The number of ether oxygens (including phenoxy) is 1. The normalized spacial score (nSPS) is 22.2. The Kier molecular flexibility index (Phi) is 3.82. The molecule has 0 saturated heterocycles. The van der Waals surface area contributed by atoms with Gasteiger partial charge in [0.1, 0.15) is 6.04 Å².